The van der Waals surface area contributed by atoms with Gasteiger partial charge in [0.1, 0.15) is 5.75 Å². The fourth-order valence-corrected chi connectivity index (χ4v) is 2.02. The third-order valence-electron chi connectivity index (χ3n) is 2.77. The molecule has 0 unspecified atom stereocenters. The molecular weight excluding hydrogens is 294 g/mol. The van der Waals surface area contributed by atoms with E-state index in [4.69, 9.17) is 16.7 Å². The summed E-state index contributed by atoms with van der Waals surface area (Å²) in [5.41, 5.74) is 1.04. The number of hydrogen-bond donors (Lipinski definition) is 3. The smallest absolute Gasteiger partial charge is 0.335 e. The molecule has 0 atom stereocenters. The van der Waals surface area contributed by atoms with Crippen molar-refractivity contribution >= 4 is 29.2 Å². The van der Waals surface area contributed by atoms with Crippen LogP contribution in [0.4, 0.5) is 5.69 Å². The Morgan fingerprint density at radius 1 is 1.14 bits per heavy atom. The van der Waals surface area contributed by atoms with Crippen molar-refractivity contribution in [3.8, 4) is 5.75 Å². The van der Waals surface area contributed by atoms with E-state index in [0.717, 1.165) is 0 Å². The number of benzene rings is 2. The van der Waals surface area contributed by atoms with Gasteiger partial charge < -0.3 is 15.5 Å². The van der Waals surface area contributed by atoms with Crippen molar-refractivity contribution < 1.29 is 19.8 Å². The van der Waals surface area contributed by atoms with Gasteiger partial charge in [0.15, 0.2) is 0 Å². The van der Waals surface area contributed by atoms with E-state index in [1.54, 1.807) is 12.1 Å². The lowest BCUT2D eigenvalue weighted by molar-refractivity contribution is -0.115. The fraction of sp³-hybridized carbons (Fsp3) is 0.0667. The average Bonchev–Trinajstić information content (AvgIpc) is 2.40. The maximum Gasteiger partial charge on any atom is 0.335 e. The van der Waals surface area contributed by atoms with Crippen LogP contribution in [0.15, 0.2) is 42.5 Å². The molecule has 2 aromatic rings. The quantitative estimate of drug-likeness (QED) is 0.810. The molecule has 0 spiro atoms. The summed E-state index contributed by atoms with van der Waals surface area (Å²) < 4.78 is 0. The second-order valence-corrected chi connectivity index (χ2v) is 4.80. The number of carbonyl (C=O) groups is 2. The predicted molar refractivity (Wildman–Crippen MR) is 78.9 cm³/mol. The molecule has 0 fully saturated rings. The van der Waals surface area contributed by atoms with Crippen molar-refractivity contribution in [2.75, 3.05) is 5.32 Å². The SMILES string of the molecule is O=C(Cc1cccc(O)c1)Nc1ccc(C(=O)O)cc1Cl. The Morgan fingerprint density at radius 2 is 1.90 bits per heavy atom. The Bertz CT molecular complexity index is 700. The number of carboxylic acid groups (broad SMARTS) is 1. The molecule has 0 aliphatic heterocycles. The second-order valence-electron chi connectivity index (χ2n) is 4.39. The van der Waals surface area contributed by atoms with E-state index in [2.05, 4.69) is 5.32 Å². The first-order valence-corrected chi connectivity index (χ1v) is 6.44. The minimum atomic E-state index is -1.09. The van der Waals surface area contributed by atoms with Crippen molar-refractivity contribution in [3.05, 3.63) is 58.6 Å². The Balaban J connectivity index is 2.08. The number of carbonyl (C=O) groups excluding carboxylic acids is 1. The van der Waals surface area contributed by atoms with Gasteiger partial charge in [0, 0.05) is 0 Å². The topological polar surface area (TPSA) is 86.6 Å². The van der Waals surface area contributed by atoms with Gasteiger partial charge in [-0.25, -0.2) is 4.79 Å². The number of carboxylic acids is 1. The van der Waals surface area contributed by atoms with E-state index in [0.29, 0.717) is 11.3 Å². The van der Waals surface area contributed by atoms with Crippen LogP contribution in [0, 0.1) is 0 Å². The van der Waals surface area contributed by atoms with Crippen molar-refractivity contribution in [2.24, 2.45) is 0 Å². The molecule has 1 amide bonds. The Hall–Kier alpha value is -2.53. The van der Waals surface area contributed by atoms with Gasteiger partial charge in [-0.1, -0.05) is 23.7 Å². The lowest BCUT2D eigenvalue weighted by Gasteiger charge is -2.08. The van der Waals surface area contributed by atoms with Crippen LogP contribution in [0.3, 0.4) is 0 Å². The molecular formula is C15H12ClNO4. The van der Waals surface area contributed by atoms with E-state index in [9.17, 15) is 14.7 Å². The lowest BCUT2D eigenvalue weighted by atomic mass is 10.1. The summed E-state index contributed by atoms with van der Waals surface area (Å²) in [4.78, 5) is 22.7. The van der Waals surface area contributed by atoms with Crippen LogP contribution in [0.2, 0.25) is 5.02 Å². The molecule has 0 bridgehead atoms. The van der Waals surface area contributed by atoms with Crippen LogP contribution in [-0.4, -0.2) is 22.1 Å². The van der Waals surface area contributed by atoms with Gasteiger partial charge in [-0.15, -0.1) is 0 Å². The van der Waals surface area contributed by atoms with Crippen molar-refractivity contribution in [1.82, 2.24) is 0 Å². The number of aromatic carboxylic acids is 1. The first-order valence-electron chi connectivity index (χ1n) is 6.06. The van der Waals surface area contributed by atoms with Crippen LogP contribution in [0.1, 0.15) is 15.9 Å². The van der Waals surface area contributed by atoms with Gasteiger partial charge in [-0.2, -0.15) is 0 Å². The summed E-state index contributed by atoms with van der Waals surface area (Å²) in [6.07, 6.45) is 0.0748. The highest BCUT2D eigenvalue weighted by atomic mass is 35.5. The van der Waals surface area contributed by atoms with E-state index in [1.807, 2.05) is 0 Å². The number of amides is 1. The molecule has 2 rings (SSSR count). The second kappa shape index (κ2) is 6.28. The molecule has 6 heteroatoms. The fourth-order valence-electron chi connectivity index (χ4n) is 1.80. The average molecular weight is 306 g/mol. The minimum absolute atomic E-state index is 0.0472. The first-order chi connectivity index (χ1) is 9.95. The summed E-state index contributed by atoms with van der Waals surface area (Å²) in [5, 5.41) is 20.9. The normalized spacial score (nSPS) is 10.1. The van der Waals surface area contributed by atoms with Crippen LogP contribution < -0.4 is 5.32 Å². The highest BCUT2D eigenvalue weighted by molar-refractivity contribution is 6.34. The number of phenolic OH excluding ortho intramolecular Hbond substituents is 1. The summed E-state index contributed by atoms with van der Waals surface area (Å²) in [7, 11) is 0. The summed E-state index contributed by atoms with van der Waals surface area (Å²) >= 11 is 5.93. The third kappa shape index (κ3) is 3.97. The van der Waals surface area contributed by atoms with Gasteiger partial charge in [0.25, 0.3) is 0 Å². The van der Waals surface area contributed by atoms with E-state index in [-0.39, 0.29) is 28.7 Å². The lowest BCUT2D eigenvalue weighted by Crippen LogP contribution is -2.14. The molecule has 2 aromatic carbocycles. The van der Waals surface area contributed by atoms with Crippen LogP contribution >= 0.6 is 11.6 Å². The minimum Gasteiger partial charge on any atom is -0.508 e. The largest absolute Gasteiger partial charge is 0.508 e. The number of nitrogens with one attached hydrogen (secondary N) is 1. The van der Waals surface area contributed by atoms with Crippen LogP contribution in [-0.2, 0) is 11.2 Å². The van der Waals surface area contributed by atoms with Gasteiger partial charge in [0.2, 0.25) is 5.91 Å². The van der Waals surface area contributed by atoms with Gasteiger partial charge >= 0.3 is 5.97 Å². The Kier molecular flexibility index (Phi) is 4.45. The maximum atomic E-state index is 11.9. The molecule has 0 aliphatic carbocycles. The molecule has 0 aliphatic rings. The standard InChI is InChI=1S/C15H12ClNO4/c16-12-8-10(15(20)21)4-5-13(12)17-14(19)7-9-2-1-3-11(18)6-9/h1-6,8,18H,7H2,(H,17,19)(H,20,21). The zero-order valence-electron chi connectivity index (χ0n) is 10.8. The summed E-state index contributed by atoms with van der Waals surface area (Å²) in [6.45, 7) is 0. The summed E-state index contributed by atoms with van der Waals surface area (Å²) in [5.74, 6) is -1.32. The molecule has 21 heavy (non-hydrogen) atoms. The molecule has 0 radical (unpaired) electrons. The van der Waals surface area contributed by atoms with Crippen LogP contribution in [0.5, 0.6) is 5.75 Å². The predicted octanol–water partition coefficient (Wildman–Crippen LogP) is 2.93. The molecule has 0 saturated heterocycles. The zero-order chi connectivity index (χ0) is 15.4. The highest BCUT2D eigenvalue weighted by Crippen LogP contribution is 2.23. The molecule has 5 nitrogen and oxygen atoms in total. The maximum absolute atomic E-state index is 11.9. The highest BCUT2D eigenvalue weighted by Gasteiger charge is 2.10. The van der Waals surface area contributed by atoms with E-state index < -0.39 is 5.97 Å². The van der Waals surface area contributed by atoms with Gasteiger partial charge in [0.05, 0.1) is 22.7 Å². The Morgan fingerprint density at radius 3 is 2.52 bits per heavy atom. The number of rotatable bonds is 4. The molecule has 0 heterocycles. The van der Waals surface area contributed by atoms with Crippen LogP contribution in [0.25, 0.3) is 0 Å². The monoisotopic (exact) mass is 305 g/mol. The number of halogens is 1. The van der Waals surface area contributed by atoms with Crippen molar-refractivity contribution in [2.45, 2.75) is 6.42 Å². The van der Waals surface area contributed by atoms with E-state index in [1.165, 1.54) is 30.3 Å². The number of phenols is 1. The number of aromatic hydroxyl groups is 1. The third-order valence-corrected chi connectivity index (χ3v) is 3.08. The Labute approximate surface area is 125 Å². The summed E-state index contributed by atoms with van der Waals surface area (Å²) in [6, 6.07) is 10.4. The van der Waals surface area contributed by atoms with Crippen molar-refractivity contribution in [3.63, 3.8) is 0 Å². The molecule has 0 saturated carbocycles. The van der Waals surface area contributed by atoms with Gasteiger partial charge in [-0.05, 0) is 35.9 Å². The number of hydrogen-bond acceptors (Lipinski definition) is 3. The zero-order valence-corrected chi connectivity index (χ0v) is 11.6. The van der Waals surface area contributed by atoms with Gasteiger partial charge in [-0.3, -0.25) is 4.79 Å². The molecule has 0 aromatic heterocycles. The van der Waals surface area contributed by atoms with Crippen molar-refractivity contribution in [1.29, 1.82) is 0 Å². The molecule has 108 valence electrons. The van der Waals surface area contributed by atoms with E-state index >= 15 is 0 Å². The number of anilines is 1. The molecule has 3 N–H and O–H groups in total. The first kappa shape index (κ1) is 14.9.